The lowest BCUT2D eigenvalue weighted by Gasteiger charge is -2.42. The van der Waals surface area contributed by atoms with Gasteiger partial charge in [0.15, 0.2) is 0 Å². The zero-order valence-corrected chi connectivity index (χ0v) is 10.5. The first-order chi connectivity index (χ1) is 7.68. The lowest BCUT2D eigenvalue weighted by molar-refractivity contribution is 0.0466. The minimum atomic E-state index is -0.696. The fourth-order valence-electron chi connectivity index (χ4n) is 2.94. The first-order valence-corrected chi connectivity index (χ1v) is 6.43. The van der Waals surface area contributed by atoms with Gasteiger partial charge in [0.2, 0.25) is 0 Å². The highest BCUT2D eigenvalue weighted by atomic mass is 19.1. The number of piperidine rings is 2. The van der Waals surface area contributed by atoms with E-state index in [0.717, 1.165) is 26.1 Å². The summed E-state index contributed by atoms with van der Waals surface area (Å²) in [4.78, 5) is 4.66. The number of hydrogen-bond donors (Lipinski definition) is 1. The molecule has 3 nitrogen and oxygen atoms in total. The molecule has 2 aliphatic heterocycles. The van der Waals surface area contributed by atoms with Crippen LogP contribution in [0.1, 0.15) is 19.3 Å². The highest BCUT2D eigenvalue weighted by molar-refractivity contribution is 4.89. The summed E-state index contributed by atoms with van der Waals surface area (Å²) in [7, 11) is 4.28. The number of likely N-dealkylation sites (tertiary alicyclic amines) is 1. The van der Waals surface area contributed by atoms with Gasteiger partial charge in [-0.05, 0) is 53.0 Å². The van der Waals surface area contributed by atoms with Crippen LogP contribution in [0.4, 0.5) is 4.39 Å². The van der Waals surface area contributed by atoms with Gasteiger partial charge in [-0.1, -0.05) is 0 Å². The summed E-state index contributed by atoms with van der Waals surface area (Å²) in [6, 6.07) is 0.715. The first-order valence-electron chi connectivity index (χ1n) is 6.43. The van der Waals surface area contributed by atoms with Gasteiger partial charge in [-0.15, -0.1) is 0 Å². The number of nitrogens with one attached hydrogen (secondary N) is 1. The van der Waals surface area contributed by atoms with Crippen molar-refractivity contribution in [1.82, 2.24) is 15.1 Å². The molecule has 0 aliphatic carbocycles. The van der Waals surface area contributed by atoms with Crippen LogP contribution < -0.4 is 5.32 Å². The van der Waals surface area contributed by atoms with Gasteiger partial charge in [0.1, 0.15) is 6.17 Å². The van der Waals surface area contributed by atoms with Crippen molar-refractivity contribution in [2.75, 3.05) is 40.3 Å². The van der Waals surface area contributed by atoms with E-state index in [2.05, 4.69) is 29.2 Å². The van der Waals surface area contributed by atoms with Gasteiger partial charge in [0, 0.05) is 18.6 Å². The maximum absolute atomic E-state index is 13.8. The quantitative estimate of drug-likeness (QED) is 0.752. The maximum atomic E-state index is 13.8. The van der Waals surface area contributed by atoms with Crippen LogP contribution >= 0.6 is 0 Å². The lowest BCUT2D eigenvalue weighted by Crippen LogP contribution is -2.54. The van der Waals surface area contributed by atoms with Crippen LogP contribution in [0.3, 0.4) is 0 Å². The number of alkyl halides is 1. The molecule has 2 atom stereocenters. The van der Waals surface area contributed by atoms with Crippen molar-refractivity contribution in [3.63, 3.8) is 0 Å². The molecule has 2 unspecified atom stereocenters. The fourth-order valence-corrected chi connectivity index (χ4v) is 2.94. The van der Waals surface area contributed by atoms with Crippen LogP contribution in [0, 0.1) is 0 Å². The number of halogens is 1. The summed E-state index contributed by atoms with van der Waals surface area (Å²) in [6.45, 7) is 3.79. The highest BCUT2D eigenvalue weighted by Crippen LogP contribution is 2.21. The summed E-state index contributed by atoms with van der Waals surface area (Å²) >= 11 is 0. The normalized spacial score (nSPS) is 34.5. The van der Waals surface area contributed by atoms with Gasteiger partial charge in [-0.3, -0.25) is 4.90 Å². The zero-order chi connectivity index (χ0) is 11.5. The maximum Gasteiger partial charge on any atom is 0.128 e. The van der Waals surface area contributed by atoms with Crippen molar-refractivity contribution >= 4 is 0 Å². The SMILES string of the molecule is CN1CCC(N(C)C2CCNCC2F)CC1. The molecule has 2 aliphatic rings. The molecule has 0 aromatic heterocycles. The van der Waals surface area contributed by atoms with Crippen molar-refractivity contribution in [1.29, 1.82) is 0 Å². The highest BCUT2D eigenvalue weighted by Gasteiger charge is 2.32. The van der Waals surface area contributed by atoms with E-state index >= 15 is 0 Å². The van der Waals surface area contributed by atoms with Gasteiger partial charge >= 0.3 is 0 Å². The Hall–Kier alpha value is -0.190. The second-order valence-electron chi connectivity index (χ2n) is 5.28. The van der Waals surface area contributed by atoms with Crippen molar-refractivity contribution in [3.8, 4) is 0 Å². The van der Waals surface area contributed by atoms with Crippen LogP contribution in [0.15, 0.2) is 0 Å². The predicted molar refractivity (Wildman–Crippen MR) is 64.5 cm³/mol. The second kappa shape index (κ2) is 5.43. The van der Waals surface area contributed by atoms with Crippen LogP contribution in [-0.2, 0) is 0 Å². The molecule has 0 amide bonds. The Bertz CT molecular complexity index is 216. The van der Waals surface area contributed by atoms with Gasteiger partial charge in [-0.25, -0.2) is 4.39 Å². The molecule has 94 valence electrons. The third-order valence-corrected chi connectivity index (χ3v) is 4.16. The van der Waals surface area contributed by atoms with E-state index in [4.69, 9.17) is 0 Å². The summed E-state index contributed by atoms with van der Waals surface area (Å²) < 4.78 is 13.8. The summed E-state index contributed by atoms with van der Waals surface area (Å²) in [5, 5.41) is 3.12. The van der Waals surface area contributed by atoms with Gasteiger partial charge in [-0.2, -0.15) is 0 Å². The molecule has 0 aromatic carbocycles. The van der Waals surface area contributed by atoms with E-state index in [1.807, 2.05) is 0 Å². The standard InChI is InChI=1S/C12H24FN3/c1-15-7-4-10(5-8-15)16(2)12-3-6-14-9-11(12)13/h10-12,14H,3-9H2,1-2H3. The van der Waals surface area contributed by atoms with Crippen LogP contribution in [0.25, 0.3) is 0 Å². The molecular formula is C12H24FN3. The van der Waals surface area contributed by atoms with E-state index < -0.39 is 6.17 Å². The Kier molecular flexibility index (Phi) is 4.16. The number of rotatable bonds is 2. The average Bonchev–Trinajstić information content (AvgIpc) is 2.30. The van der Waals surface area contributed by atoms with Gasteiger partial charge in [0.05, 0.1) is 0 Å². The first kappa shape index (κ1) is 12.3. The molecule has 0 saturated carbocycles. The minimum Gasteiger partial charge on any atom is -0.314 e. The zero-order valence-electron chi connectivity index (χ0n) is 10.5. The van der Waals surface area contributed by atoms with E-state index in [9.17, 15) is 4.39 Å². The summed E-state index contributed by atoms with van der Waals surface area (Å²) in [5.74, 6) is 0. The minimum absolute atomic E-state index is 0.134. The monoisotopic (exact) mass is 229 g/mol. The molecule has 0 aromatic rings. The summed E-state index contributed by atoms with van der Waals surface area (Å²) in [5.41, 5.74) is 0. The molecule has 1 N–H and O–H groups in total. The smallest absolute Gasteiger partial charge is 0.128 e. The fraction of sp³-hybridized carbons (Fsp3) is 1.00. The average molecular weight is 229 g/mol. The van der Waals surface area contributed by atoms with Crippen molar-refractivity contribution < 1.29 is 4.39 Å². The van der Waals surface area contributed by atoms with Gasteiger partial charge in [0.25, 0.3) is 0 Å². The van der Waals surface area contributed by atoms with Gasteiger partial charge < -0.3 is 10.2 Å². The molecule has 2 saturated heterocycles. The van der Waals surface area contributed by atoms with Crippen molar-refractivity contribution in [2.24, 2.45) is 0 Å². The number of hydrogen-bond acceptors (Lipinski definition) is 3. The Morgan fingerprint density at radius 3 is 2.56 bits per heavy atom. The Balaban J connectivity index is 1.88. The predicted octanol–water partition coefficient (Wildman–Crippen LogP) is 0.712. The molecule has 0 radical (unpaired) electrons. The molecule has 0 spiro atoms. The molecule has 2 rings (SSSR count). The van der Waals surface area contributed by atoms with Crippen molar-refractivity contribution in [2.45, 2.75) is 37.5 Å². The second-order valence-corrected chi connectivity index (χ2v) is 5.28. The molecule has 0 bridgehead atoms. The van der Waals surface area contributed by atoms with Crippen molar-refractivity contribution in [3.05, 3.63) is 0 Å². The van der Waals surface area contributed by atoms with E-state index in [1.165, 1.54) is 12.8 Å². The van der Waals surface area contributed by atoms with Crippen LogP contribution in [0.5, 0.6) is 0 Å². The molecule has 2 heterocycles. The van der Waals surface area contributed by atoms with E-state index in [1.54, 1.807) is 0 Å². The molecular weight excluding hydrogens is 205 g/mol. The molecule has 4 heteroatoms. The Labute approximate surface area is 98.0 Å². The topological polar surface area (TPSA) is 18.5 Å². The van der Waals surface area contributed by atoms with E-state index in [0.29, 0.717) is 12.6 Å². The number of nitrogens with zero attached hydrogens (tertiary/aromatic N) is 2. The third-order valence-electron chi connectivity index (χ3n) is 4.16. The van der Waals surface area contributed by atoms with E-state index in [-0.39, 0.29) is 6.04 Å². The summed E-state index contributed by atoms with van der Waals surface area (Å²) in [6.07, 6.45) is 2.62. The Morgan fingerprint density at radius 1 is 1.25 bits per heavy atom. The third kappa shape index (κ3) is 2.73. The van der Waals surface area contributed by atoms with Crippen LogP contribution in [0.2, 0.25) is 0 Å². The lowest BCUT2D eigenvalue weighted by atomic mass is 9.97. The Morgan fingerprint density at radius 2 is 1.94 bits per heavy atom. The van der Waals surface area contributed by atoms with Crippen LogP contribution in [-0.4, -0.2) is 68.3 Å². The molecule has 16 heavy (non-hydrogen) atoms. The molecule has 2 fully saturated rings. The largest absolute Gasteiger partial charge is 0.314 e.